The fraction of sp³-hybridized carbons (Fsp3) is 0.500. The summed E-state index contributed by atoms with van der Waals surface area (Å²) in [5.41, 5.74) is 0.725. The Labute approximate surface area is 121 Å². The summed E-state index contributed by atoms with van der Waals surface area (Å²) in [7, 11) is 0. The van der Waals surface area contributed by atoms with Crippen LogP contribution in [0.5, 0.6) is 0 Å². The molecule has 4 heteroatoms. The van der Waals surface area contributed by atoms with Gasteiger partial charge >= 0.3 is 0 Å². The number of Topliss-reactive ketones (excluding diaryl/α,β-unsaturated/α-hetero) is 1. The van der Waals surface area contributed by atoms with E-state index in [4.69, 9.17) is 11.6 Å². The van der Waals surface area contributed by atoms with E-state index < -0.39 is 0 Å². The maximum atomic E-state index is 12.2. The highest BCUT2D eigenvalue weighted by Gasteiger charge is 2.19. The minimum absolute atomic E-state index is 0.0979. The molecule has 1 aromatic rings. The van der Waals surface area contributed by atoms with Crippen molar-refractivity contribution >= 4 is 33.3 Å². The van der Waals surface area contributed by atoms with Crippen molar-refractivity contribution in [2.75, 3.05) is 19.6 Å². The van der Waals surface area contributed by atoms with Crippen molar-refractivity contribution in [2.45, 2.75) is 24.1 Å². The Balaban J connectivity index is 1.85. The van der Waals surface area contributed by atoms with Crippen LogP contribution in [0.15, 0.2) is 24.3 Å². The van der Waals surface area contributed by atoms with Crippen LogP contribution in [0.3, 0.4) is 0 Å². The molecule has 2 rings (SSSR count). The van der Waals surface area contributed by atoms with E-state index in [0.29, 0.717) is 5.02 Å². The number of rotatable bonds is 5. The van der Waals surface area contributed by atoms with Crippen LogP contribution in [0.25, 0.3) is 0 Å². The number of nitrogens with zero attached hydrogens (tertiary/aromatic N) is 1. The smallest absolute Gasteiger partial charge is 0.176 e. The molecule has 98 valence electrons. The standard InChI is InChI=1S/C14H17BrClNO/c15-13(7-10-17-8-1-2-9-17)14(18)11-3-5-12(16)6-4-11/h3-6,13H,1-2,7-10H2. The summed E-state index contributed by atoms with van der Waals surface area (Å²) in [5.74, 6) is 0.144. The van der Waals surface area contributed by atoms with E-state index in [1.54, 1.807) is 24.3 Å². The van der Waals surface area contributed by atoms with Crippen LogP contribution in [0.2, 0.25) is 5.02 Å². The molecule has 0 N–H and O–H groups in total. The summed E-state index contributed by atoms with van der Waals surface area (Å²) in [6.45, 7) is 3.35. The number of halogens is 2. The predicted octanol–water partition coefficient (Wildman–Crippen LogP) is 3.77. The first-order valence-corrected chi connectivity index (χ1v) is 7.62. The van der Waals surface area contributed by atoms with Gasteiger partial charge in [0.15, 0.2) is 5.78 Å². The highest BCUT2D eigenvalue weighted by molar-refractivity contribution is 9.10. The molecule has 1 unspecified atom stereocenters. The van der Waals surface area contributed by atoms with Gasteiger partial charge in [0.1, 0.15) is 0 Å². The van der Waals surface area contributed by atoms with E-state index in [1.807, 2.05) is 0 Å². The van der Waals surface area contributed by atoms with Crippen molar-refractivity contribution in [1.29, 1.82) is 0 Å². The van der Waals surface area contributed by atoms with Crippen molar-refractivity contribution in [2.24, 2.45) is 0 Å². The molecule has 1 fully saturated rings. The lowest BCUT2D eigenvalue weighted by molar-refractivity contribution is 0.0985. The van der Waals surface area contributed by atoms with E-state index in [1.165, 1.54) is 25.9 Å². The number of carbonyl (C=O) groups is 1. The maximum Gasteiger partial charge on any atom is 0.176 e. The van der Waals surface area contributed by atoms with Crippen molar-refractivity contribution < 1.29 is 4.79 Å². The lowest BCUT2D eigenvalue weighted by Crippen LogP contribution is -2.25. The fourth-order valence-electron chi connectivity index (χ4n) is 2.23. The molecule has 1 aliphatic rings. The van der Waals surface area contributed by atoms with Gasteiger partial charge in [0.2, 0.25) is 0 Å². The highest BCUT2D eigenvalue weighted by Crippen LogP contribution is 2.18. The number of hydrogen-bond acceptors (Lipinski definition) is 2. The van der Waals surface area contributed by atoms with E-state index in [2.05, 4.69) is 20.8 Å². The summed E-state index contributed by atoms with van der Waals surface area (Å²) in [4.78, 5) is 14.5. The molecule has 0 radical (unpaired) electrons. The second kappa shape index (κ2) is 6.69. The molecule has 2 nitrogen and oxygen atoms in total. The largest absolute Gasteiger partial charge is 0.303 e. The van der Waals surface area contributed by atoms with E-state index >= 15 is 0 Å². The van der Waals surface area contributed by atoms with Crippen molar-refractivity contribution in [1.82, 2.24) is 4.90 Å². The lowest BCUT2D eigenvalue weighted by Gasteiger charge is -2.16. The number of benzene rings is 1. The van der Waals surface area contributed by atoms with Crippen LogP contribution >= 0.6 is 27.5 Å². The average molecular weight is 331 g/mol. The molecular formula is C14H17BrClNO. The summed E-state index contributed by atoms with van der Waals surface area (Å²) < 4.78 is 0. The number of hydrogen-bond donors (Lipinski definition) is 0. The zero-order chi connectivity index (χ0) is 13.0. The minimum Gasteiger partial charge on any atom is -0.303 e. The molecule has 1 aromatic carbocycles. The van der Waals surface area contributed by atoms with Crippen molar-refractivity contribution in [3.05, 3.63) is 34.9 Å². The molecule has 0 aliphatic carbocycles. The van der Waals surface area contributed by atoms with Gasteiger partial charge in [0.05, 0.1) is 4.83 Å². The summed E-state index contributed by atoms with van der Waals surface area (Å²) in [5, 5.41) is 0.662. The molecule has 1 saturated heterocycles. The van der Waals surface area contributed by atoms with Gasteiger partial charge < -0.3 is 4.90 Å². The van der Waals surface area contributed by atoms with E-state index in [9.17, 15) is 4.79 Å². The first kappa shape index (κ1) is 14.0. The Morgan fingerprint density at radius 2 is 1.89 bits per heavy atom. The summed E-state index contributed by atoms with van der Waals surface area (Å²) in [6.07, 6.45) is 3.44. The van der Waals surface area contributed by atoms with Gasteiger partial charge in [-0.05, 0) is 63.2 Å². The molecule has 0 saturated carbocycles. The maximum absolute atomic E-state index is 12.2. The first-order chi connectivity index (χ1) is 8.66. The minimum atomic E-state index is -0.0979. The van der Waals surface area contributed by atoms with Gasteiger partial charge in [0, 0.05) is 10.6 Å². The second-order valence-corrected chi connectivity index (χ2v) is 6.22. The molecular weight excluding hydrogens is 314 g/mol. The monoisotopic (exact) mass is 329 g/mol. The van der Waals surface area contributed by atoms with Crippen LogP contribution in [0, 0.1) is 0 Å². The molecule has 0 spiro atoms. The normalized spacial score (nSPS) is 17.9. The number of carbonyl (C=O) groups excluding carboxylic acids is 1. The Morgan fingerprint density at radius 1 is 1.28 bits per heavy atom. The highest BCUT2D eigenvalue weighted by atomic mass is 79.9. The summed E-state index contributed by atoms with van der Waals surface area (Å²) >= 11 is 9.31. The summed E-state index contributed by atoms with van der Waals surface area (Å²) in [6, 6.07) is 7.09. The molecule has 0 amide bonds. The van der Waals surface area contributed by atoms with Gasteiger partial charge in [-0.3, -0.25) is 4.79 Å². The van der Waals surface area contributed by atoms with Gasteiger partial charge in [-0.1, -0.05) is 27.5 Å². The molecule has 1 heterocycles. The van der Waals surface area contributed by atoms with Crippen LogP contribution in [-0.4, -0.2) is 35.1 Å². The number of likely N-dealkylation sites (tertiary alicyclic amines) is 1. The molecule has 1 aliphatic heterocycles. The van der Waals surface area contributed by atoms with Crippen LogP contribution < -0.4 is 0 Å². The number of alkyl halides is 1. The van der Waals surface area contributed by atoms with Crippen LogP contribution in [-0.2, 0) is 0 Å². The van der Waals surface area contributed by atoms with Gasteiger partial charge in [-0.25, -0.2) is 0 Å². The van der Waals surface area contributed by atoms with E-state index in [-0.39, 0.29) is 10.6 Å². The van der Waals surface area contributed by atoms with Gasteiger partial charge in [-0.15, -0.1) is 0 Å². The third-order valence-corrected chi connectivity index (χ3v) is 4.44. The topological polar surface area (TPSA) is 20.3 Å². The zero-order valence-corrected chi connectivity index (χ0v) is 12.6. The van der Waals surface area contributed by atoms with Crippen LogP contribution in [0.1, 0.15) is 29.6 Å². The van der Waals surface area contributed by atoms with Crippen molar-refractivity contribution in [3.63, 3.8) is 0 Å². The SMILES string of the molecule is O=C(c1ccc(Cl)cc1)C(Br)CCN1CCCC1. The van der Waals surface area contributed by atoms with Gasteiger partial charge in [-0.2, -0.15) is 0 Å². The molecule has 0 bridgehead atoms. The zero-order valence-electron chi connectivity index (χ0n) is 10.2. The third kappa shape index (κ3) is 3.81. The lowest BCUT2D eigenvalue weighted by atomic mass is 10.1. The molecule has 0 aromatic heterocycles. The average Bonchev–Trinajstić information content (AvgIpc) is 2.89. The Morgan fingerprint density at radius 3 is 2.50 bits per heavy atom. The predicted molar refractivity (Wildman–Crippen MR) is 78.8 cm³/mol. The van der Waals surface area contributed by atoms with Gasteiger partial charge in [0.25, 0.3) is 0 Å². The molecule has 1 atom stereocenters. The quantitative estimate of drug-likeness (QED) is 0.605. The Hall–Kier alpha value is -0.380. The number of ketones is 1. The van der Waals surface area contributed by atoms with E-state index in [0.717, 1.165) is 18.5 Å². The molecule has 18 heavy (non-hydrogen) atoms. The van der Waals surface area contributed by atoms with Crippen molar-refractivity contribution in [3.8, 4) is 0 Å². The Kier molecular flexibility index (Phi) is 5.22. The fourth-order valence-corrected chi connectivity index (χ4v) is 2.82. The second-order valence-electron chi connectivity index (χ2n) is 4.68. The first-order valence-electron chi connectivity index (χ1n) is 6.33. The third-order valence-electron chi connectivity index (χ3n) is 3.31. The van der Waals surface area contributed by atoms with Crippen LogP contribution in [0.4, 0.5) is 0 Å². The Bertz CT molecular complexity index is 401.